The quantitative estimate of drug-likeness (QED) is 0.819. The molecular formula is C15H12N2O6S. The zero-order valence-corrected chi connectivity index (χ0v) is 13.1. The maximum absolute atomic E-state index is 11.7. The second-order valence-electron chi connectivity index (χ2n) is 4.66. The van der Waals surface area contributed by atoms with Gasteiger partial charge < -0.3 is 19.5 Å². The van der Waals surface area contributed by atoms with Crippen LogP contribution in [-0.2, 0) is 9.53 Å². The van der Waals surface area contributed by atoms with E-state index in [1.54, 1.807) is 35.0 Å². The summed E-state index contributed by atoms with van der Waals surface area (Å²) < 4.78 is 15.1. The van der Waals surface area contributed by atoms with Crippen molar-refractivity contribution in [3.63, 3.8) is 0 Å². The van der Waals surface area contributed by atoms with Crippen molar-refractivity contribution in [1.82, 2.24) is 5.32 Å². The van der Waals surface area contributed by atoms with Crippen LogP contribution in [0.15, 0.2) is 35.0 Å². The molecule has 2 N–H and O–H groups in total. The lowest BCUT2D eigenvalue weighted by atomic mass is 10.3. The van der Waals surface area contributed by atoms with E-state index in [4.69, 9.17) is 14.2 Å². The number of carbonyl (C=O) groups is 3. The molecule has 0 saturated carbocycles. The minimum atomic E-state index is -0.745. The lowest BCUT2D eigenvalue weighted by molar-refractivity contribution is -0.123. The van der Waals surface area contributed by atoms with E-state index in [0.29, 0.717) is 22.7 Å². The number of anilines is 1. The van der Waals surface area contributed by atoms with Gasteiger partial charge in [-0.3, -0.25) is 10.1 Å². The Morgan fingerprint density at radius 3 is 2.79 bits per heavy atom. The van der Waals surface area contributed by atoms with Crippen LogP contribution in [0.1, 0.15) is 10.4 Å². The van der Waals surface area contributed by atoms with Gasteiger partial charge in [-0.1, -0.05) is 0 Å². The van der Waals surface area contributed by atoms with E-state index in [1.165, 1.54) is 11.3 Å². The van der Waals surface area contributed by atoms with Gasteiger partial charge in [0.1, 0.15) is 0 Å². The minimum absolute atomic E-state index is 0.124. The van der Waals surface area contributed by atoms with Crippen LogP contribution in [0.25, 0.3) is 0 Å². The third-order valence-corrected chi connectivity index (χ3v) is 3.66. The zero-order valence-electron chi connectivity index (χ0n) is 12.2. The molecular weight excluding hydrogens is 336 g/mol. The fraction of sp³-hybridized carbons (Fsp3) is 0.133. The van der Waals surface area contributed by atoms with Crippen LogP contribution in [0.5, 0.6) is 11.5 Å². The molecule has 0 fully saturated rings. The van der Waals surface area contributed by atoms with Crippen molar-refractivity contribution in [3.8, 4) is 11.5 Å². The number of carbonyl (C=O) groups excluding carboxylic acids is 3. The second kappa shape index (κ2) is 7.01. The fourth-order valence-electron chi connectivity index (χ4n) is 1.89. The monoisotopic (exact) mass is 348 g/mol. The molecule has 0 spiro atoms. The van der Waals surface area contributed by atoms with Crippen LogP contribution in [0.2, 0.25) is 0 Å². The van der Waals surface area contributed by atoms with E-state index >= 15 is 0 Å². The molecule has 124 valence electrons. The summed E-state index contributed by atoms with van der Waals surface area (Å²) in [5.74, 6) is -0.277. The first-order valence-corrected chi connectivity index (χ1v) is 7.76. The molecule has 1 aromatic heterocycles. The van der Waals surface area contributed by atoms with E-state index < -0.39 is 24.5 Å². The van der Waals surface area contributed by atoms with Crippen molar-refractivity contribution in [3.05, 3.63) is 40.6 Å². The second-order valence-corrected chi connectivity index (χ2v) is 5.44. The SMILES string of the molecule is O=C(COC(=O)c1ccsc1)NC(=O)Nc1ccc2c(c1)OCO2. The molecule has 1 aliphatic heterocycles. The molecule has 0 bridgehead atoms. The summed E-state index contributed by atoms with van der Waals surface area (Å²) in [6.07, 6.45) is 0. The summed E-state index contributed by atoms with van der Waals surface area (Å²) in [5.41, 5.74) is 0.789. The van der Waals surface area contributed by atoms with Gasteiger partial charge in [0.25, 0.3) is 5.91 Å². The molecule has 0 unspecified atom stereocenters. The Morgan fingerprint density at radius 2 is 2.00 bits per heavy atom. The van der Waals surface area contributed by atoms with Gasteiger partial charge in [0, 0.05) is 17.1 Å². The van der Waals surface area contributed by atoms with Gasteiger partial charge in [-0.05, 0) is 23.6 Å². The predicted molar refractivity (Wildman–Crippen MR) is 84.3 cm³/mol. The Hall–Kier alpha value is -3.07. The van der Waals surface area contributed by atoms with Crippen LogP contribution in [0.3, 0.4) is 0 Å². The summed E-state index contributed by atoms with van der Waals surface area (Å²) in [7, 11) is 0. The summed E-state index contributed by atoms with van der Waals surface area (Å²) in [6.45, 7) is -0.428. The molecule has 3 rings (SSSR count). The maximum atomic E-state index is 11.7. The summed E-state index contributed by atoms with van der Waals surface area (Å²) in [6, 6.07) is 5.65. The first-order chi connectivity index (χ1) is 11.6. The third kappa shape index (κ3) is 3.82. The van der Waals surface area contributed by atoms with Crippen molar-refractivity contribution in [1.29, 1.82) is 0 Å². The van der Waals surface area contributed by atoms with Crippen molar-refractivity contribution in [2.45, 2.75) is 0 Å². The van der Waals surface area contributed by atoms with E-state index in [-0.39, 0.29) is 6.79 Å². The van der Waals surface area contributed by atoms with Crippen LogP contribution in [0.4, 0.5) is 10.5 Å². The number of fused-ring (bicyclic) bond motifs is 1. The zero-order chi connectivity index (χ0) is 16.9. The number of amides is 3. The van der Waals surface area contributed by atoms with Gasteiger partial charge in [0.15, 0.2) is 18.1 Å². The highest BCUT2D eigenvalue weighted by Crippen LogP contribution is 2.34. The van der Waals surface area contributed by atoms with Crippen molar-refractivity contribution in [2.75, 3.05) is 18.7 Å². The van der Waals surface area contributed by atoms with E-state index in [2.05, 4.69) is 10.6 Å². The van der Waals surface area contributed by atoms with Crippen LogP contribution in [-0.4, -0.2) is 31.3 Å². The number of benzene rings is 1. The van der Waals surface area contributed by atoms with Crippen molar-refractivity contribution in [2.24, 2.45) is 0 Å². The van der Waals surface area contributed by atoms with Crippen LogP contribution < -0.4 is 20.1 Å². The molecule has 2 aromatic rings. The normalized spacial score (nSPS) is 11.7. The maximum Gasteiger partial charge on any atom is 0.339 e. The summed E-state index contributed by atoms with van der Waals surface area (Å²) >= 11 is 1.34. The topological polar surface area (TPSA) is 103 Å². The van der Waals surface area contributed by atoms with Gasteiger partial charge in [0.2, 0.25) is 6.79 Å². The summed E-state index contributed by atoms with van der Waals surface area (Å²) in [5, 5.41) is 7.86. The molecule has 0 atom stereocenters. The molecule has 8 nitrogen and oxygen atoms in total. The minimum Gasteiger partial charge on any atom is -0.454 e. The molecule has 24 heavy (non-hydrogen) atoms. The highest BCUT2D eigenvalue weighted by atomic mass is 32.1. The number of thiophene rings is 1. The number of imide groups is 1. The molecule has 3 amide bonds. The summed E-state index contributed by atoms with van der Waals surface area (Å²) in [4.78, 5) is 34.9. The number of nitrogens with one attached hydrogen (secondary N) is 2. The fourth-order valence-corrected chi connectivity index (χ4v) is 2.52. The van der Waals surface area contributed by atoms with Gasteiger partial charge in [-0.2, -0.15) is 11.3 Å². The predicted octanol–water partition coefficient (Wildman–Crippen LogP) is 1.98. The molecule has 0 aliphatic carbocycles. The molecule has 0 saturated heterocycles. The first kappa shape index (κ1) is 15.8. The molecule has 0 radical (unpaired) electrons. The Morgan fingerprint density at radius 1 is 1.17 bits per heavy atom. The van der Waals surface area contributed by atoms with E-state index in [1.807, 2.05) is 0 Å². The van der Waals surface area contributed by atoms with Crippen molar-refractivity contribution >= 4 is 34.9 Å². The molecule has 1 aromatic carbocycles. The third-order valence-electron chi connectivity index (χ3n) is 2.97. The smallest absolute Gasteiger partial charge is 0.339 e. The van der Waals surface area contributed by atoms with Gasteiger partial charge in [0.05, 0.1) is 5.56 Å². The van der Waals surface area contributed by atoms with E-state index in [0.717, 1.165) is 0 Å². The van der Waals surface area contributed by atoms with Crippen LogP contribution >= 0.6 is 11.3 Å². The highest BCUT2D eigenvalue weighted by molar-refractivity contribution is 7.08. The number of hydrogen-bond donors (Lipinski definition) is 2. The largest absolute Gasteiger partial charge is 0.454 e. The molecule has 2 heterocycles. The average molecular weight is 348 g/mol. The average Bonchev–Trinajstić information content (AvgIpc) is 3.23. The first-order valence-electron chi connectivity index (χ1n) is 6.81. The highest BCUT2D eigenvalue weighted by Gasteiger charge is 2.16. The number of urea groups is 1. The lowest BCUT2D eigenvalue weighted by Crippen LogP contribution is -2.37. The van der Waals surface area contributed by atoms with Gasteiger partial charge in [-0.25, -0.2) is 9.59 Å². The van der Waals surface area contributed by atoms with Crippen LogP contribution in [0, 0.1) is 0 Å². The van der Waals surface area contributed by atoms with E-state index in [9.17, 15) is 14.4 Å². The Kier molecular flexibility index (Phi) is 4.62. The standard InChI is InChI=1S/C15H12N2O6S/c18-13(6-21-14(19)9-3-4-24-7-9)17-15(20)16-10-1-2-11-12(5-10)23-8-22-11/h1-5,7H,6,8H2,(H2,16,17,18,20). The van der Waals surface area contributed by atoms with Gasteiger partial charge in [-0.15, -0.1) is 0 Å². The Balaban J connectivity index is 1.46. The Labute approximate surface area is 140 Å². The molecule has 9 heteroatoms. The number of rotatable bonds is 4. The number of hydrogen-bond acceptors (Lipinski definition) is 7. The molecule has 1 aliphatic rings. The van der Waals surface area contributed by atoms with Crippen molar-refractivity contribution < 1.29 is 28.6 Å². The number of ether oxygens (including phenoxy) is 3. The van der Waals surface area contributed by atoms with Gasteiger partial charge >= 0.3 is 12.0 Å². The Bertz CT molecular complexity index is 774. The number of esters is 1. The lowest BCUT2D eigenvalue weighted by Gasteiger charge is -2.07.